The Labute approximate surface area is 189 Å². The van der Waals surface area contributed by atoms with Gasteiger partial charge in [-0.15, -0.1) is 0 Å². The van der Waals surface area contributed by atoms with E-state index in [1.807, 2.05) is 36.4 Å². The highest BCUT2D eigenvalue weighted by Crippen LogP contribution is 2.26. The zero-order chi connectivity index (χ0) is 21.8. The molecule has 164 valence electrons. The molecule has 0 unspecified atom stereocenters. The van der Waals surface area contributed by atoms with Gasteiger partial charge in [0.2, 0.25) is 5.91 Å². The molecule has 3 aromatic rings. The smallest absolute Gasteiger partial charge is 0.226 e. The predicted molar refractivity (Wildman–Crippen MR) is 126 cm³/mol. The van der Waals surface area contributed by atoms with Gasteiger partial charge in [0.1, 0.15) is 12.1 Å². The molecular weight excluding hydrogens is 398 g/mol. The Morgan fingerprint density at radius 1 is 0.938 bits per heavy atom. The van der Waals surface area contributed by atoms with Crippen molar-refractivity contribution < 1.29 is 4.79 Å². The van der Waals surface area contributed by atoms with Crippen molar-refractivity contribution in [2.45, 2.75) is 25.4 Å². The minimum atomic E-state index is 0.0347. The van der Waals surface area contributed by atoms with Gasteiger partial charge in [0, 0.05) is 50.4 Å². The van der Waals surface area contributed by atoms with E-state index >= 15 is 0 Å². The lowest BCUT2D eigenvalue weighted by molar-refractivity contribution is -0.126. The minimum absolute atomic E-state index is 0.0347. The zero-order valence-corrected chi connectivity index (χ0v) is 18.2. The molecular formula is C26H29N5O. The van der Waals surface area contributed by atoms with E-state index in [9.17, 15) is 4.79 Å². The number of piperidine rings is 1. The fourth-order valence-corrected chi connectivity index (χ4v) is 4.51. The van der Waals surface area contributed by atoms with Gasteiger partial charge in [-0.25, -0.2) is 9.97 Å². The maximum atomic E-state index is 12.7. The van der Waals surface area contributed by atoms with Gasteiger partial charge in [0.05, 0.1) is 11.6 Å². The van der Waals surface area contributed by atoms with Gasteiger partial charge in [-0.1, -0.05) is 60.7 Å². The van der Waals surface area contributed by atoms with Crippen LogP contribution in [-0.4, -0.2) is 53.0 Å². The van der Waals surface area contributed by atoms with E-state index < -0.39 is 0 Å². The molecule has 2 aromatic carbocycles. The van der Waals surface area contributed by atoms with Gasteiger partial charge in [-0.05, 0) is 18.4 Å². The van der Waals surface area contributed by atoms with Crippen LogP contribution in [0.3, 0.4) is 0 Å². The molecule has 0 aliphatic carbocycles. The van der Waals surface area contributed by atoms with Crippen LogP contribution in [0.2, 0.25) is 0 Å². The summed E-state index contributed by atoms with van der Waals surface area (Å²) in [7, 11) is 0. The van der Waals surface area contributed by atoms with Crippen LogP contribution >= 0.6 is 0 Å². The number of nitrogens with one attached hydrogen (secondary N) is 1. The van der Waals surface area contributed by atoms with Crippen LogP contribution in [0.1, 0.15) is 18.4 Å². The first-order valence-electron chi connectivity index (χ1n) is 11.4. The minimum Gasteiger partial charge on any atom is -0.355 e. The number of carbonyl (C=O) groups is 1. The summed E-state index contributed by atoms with van der Waals surface area (Å²) in [5.74, 6) is 1.10. The summed E-state index contributed by atoms with van der Waals surface area (Å²) in [6, 6.07) is 23.0. The Kier molecular flexibility index (Phi) is 6.12. The zero-order valence-electron chi connectivity index (χ0n) is 18.2. The highest BCUT2D eigenvalue weighted by molar-refractivity contribution is 5.82. The van der Waals surface area contributed by atoms with Crippen LogP contribution in [0, 0.1) is 5.92 Å². The van der Waals surface area contributed by atoms with Gasteiger partial charge < -0.3 is 10.2 Å². The van der Waals surface area contributed by atoms with Crippen molar-refractivity contribution in [3.05, 3.63) is 78.6 Å². The van der Waals surface area contributed by atoms with E-state index in [0.717, 1.165) is 49.6 Å². The molecule has 2 saturated heterocycles. The van der Waals surface area contributed by atoms with E-state index in [1.165, 1.54) is 5.56 Å². The molecule has 3 heterocycles. The predicted octanol–water partition coefficient (Wildman–Crippen LogP) is 3.36. The Balaban J connectivity index is 1.08. The number of anilines is 1. The van der Waals surface area contributed by atoms with Gasteiger partial charge in [0.15, 0.2) is 0 Å². The number of nitrogens with zero attached hydrogens (tertiary/aromatic N) is 4. The Morgan fingerprint density at radius 2 is 1.62 bits per heavy atom. The summed E-state index contributed by atoms with van der Waals surface area (Å²) in [4.78, 5) is 26.2. The molecule has 6 heteroatoms. The normalized spacial score (nSPS) is 17.7. The molecule has 0 atom stereocenters. The topological polar surface area (TPSA) is 61.4 Å². The number of rotatable bonds is 6. The monoisotopic (exact) mass is 427 g/mol. The summed E-state index contributed by atoms with van der Waals surface area (Å²) in [5.41, 5.74) is 3.33. The Morgan fingerprint density at radius 3 is 2.34 bits per heavy atom. The van der Waals surface area contributed by atoms with Crippen LogP contribution in [0.25, 0.3) is 11.3 Å². The van der Waals surface area contributed by atoms with Crippen LogP contribution < -0.4 is 10.2 Å². The lowest BCUT2D eigenvalue weighted by Gasteiger charge is -2.40. The van der Waals surface area contributed by atoms with Gasteiger partial charge >= 0.3 is 0 Å². The summed E-state index contributed by atoms with van der Waals surface area (Å²) in [5, 5.41) is 3.29. The van der Waals surface area contributed by atoms with Crippen molar-refractivity contribution in [3.63, 3.8) is 0 Å². The Hall–Kier alpha value is -3.25. The molecule has 1 aromatic heterocycles. The van der Waals surface area contributed by atoms with E-state index in [4.69, 9.17) is 0 Å². The number of likely N-dealkylation sites (tertiary alicyclic amines) is 1. The highest BCUT2D eigenvalue weighted by atomic mass is 16.2. The summed E-state index contributed by atoms with van der Waals surface area (Å²) < 4.78 is 0. The first kappa shape index (κ1) is 20.6. The van der Waals surface area contributed by atoms with E-state index in [0.29, 0.717) is 13.1 Å². The second kappa shape index (κ2) is 9.49. The van der Waals surface area contributed by atoms with Crippen molar-refractivity contribution in [1.29, 1.82) is 0 Å². The van der Waals surface area contributed by atoms with E-state index in [-0.39, 0.29) is 17.9 Å². The number of benzene rings is 2. The first-order chi connectivity index (χ1) is 15.7. The quantitative estimate of drug-likeness (QED) is 0.654. The van der Waals surface area contributed by atoms with Crippen molar-refractivity contribution in [3.8, 4) is 11.3 Å². The number of aromatic nitrogens is 2. The van der Waals surface area contributed by atoms with E-state index in [1.54, 1.807) is 6.33 Å². The van der Waals surface area contributed by atoms with Crippen LogP contribution in [0.4, 0.5) is 5.82 Å². The van der Waals surface area contributed by atoms with Gasteiger partial charge in [-0.2, -0.15) is 0 Å². The maximum Gasteiger partial charge on any atom is 0.226 e. The Bertz CT molecular complexity index is 1030. The molecule has 32 heavy (non-hydrogen) atoms. The molecule has 1 N–H and O–H groups in total. The van der Waals surface area contributed by atoms with Gasteiger partial charge in [-0.3, -0.25) is 9.69 Å². The second-order valence-corrected chi connectivity index (χ2v) is 8.77. The third kappa shape index (κ3) is 4.81. The fourth-order valence-electron chi connectivity index (χ4n) is 4.51. The maximum absolute atomic E-state index is 12.7. The summed E-state index contributed by atoms with van der Waals surface area (Å²) in [6.07, 6.45) is 3.64. The molecule has 2 aliphatic rings. The molecule has 2 fully saturated rings. The largest absolute Gasteiger partial charge is 0.355 e. The van der Waals surface area contributed by atoms with Crippen LogP contribution in [0.5, 0.6) is 0 Å². The lowest BCUT2D eigenvalue weighted by Crippen LogP contribution is -2.56. The molecule has 2 aliphatic heterocycles. The molecule has 0 spiro atoms. The first-order valence-corrected chi connectivity index (χ1v) is 11.4. The molecule has 1 amide bonds. The molecule has 0 radical (unpaired) electrons. The number of carbonyl (C=O) groups excluding carboxylic acids is 1. The lowest BCUT2D eigenvalue weighted by atomic mass is 9.97. The molecule has 6 nitrogen and oxygen atoms in total. The SMILES string of the molecule is O=C(NC1CCN(Cc2ccccc2)CC1)C1CN(c2cc(-c3ccccc3)ncn2)C1. The van der Waals surface area contributed by atoms with Crippen molar-refractivity contribution >= 4 is 11.7 Å². The highest BCUT2D eigenvalue weighted by Gasteiger charge is 2.35. The van der Waals surface area contributed by atoms with E-state index in [2.05, 4.69) is 55.4 Å². The molecule has 0 bridgehead atoms. The van der Waals surface area contributed by atoms with Crippen molar-refractivity contribution in [2.24, 2.45) is 5.92 Å². The van der Waals surface area contributed by atoms with Gasteiger partial charge in [0.25, 0.3) is 0 Å². The van der Waals surface area contributed by atoms with Crippen LogP contribution in [-0.2, 0) is 11.3 Å². The third-order valence-corrected chi connectivity index (χ3v) is 6.48. The van der Waals surface area contributed by atoms with Crippen molar-refractivity contribution in [2.75, 3.05) is 31.1 Å². The second-order valence-electron chi connectivity index (χ2n) is 8.77. The fraction of sp³-hybridized carbons (Fsp3) is 0.346. The van der Waals surface area contributed by atoms with Crippen LogP contribution in [0.15, 0.2) is 73.1 Å². The third-order valence-electron chi connectivity index (χ3n) is 6.48. The standard InChI is InChI=1S/C26H29N5O/c32-26(29-23-11-13-30(14-12-23)16-20-7-3-1-4-8-20)22-17-31(18-22)25-15-24(27-19-28-25)21-9-5-2-6-10-21/h1-10,15,19,22-23H,11-14,16-18H2,(H,29,32). The number of hydrogen-bond acceptors (Lipinski definition) is 5. The number of hydrogen-bond donors (Lipinski definition) is 1. The average molecular weight is 428 g/mol. The van der Waals surface area contributed by atoms with Crippen molar-refractivity contribution in [1.82, 2.24) is 20.2 Å². The molecule has 5 rings (SSSR count). The molecule has 0 saturated carbocycles. The number of amides is 1. The average Bonchev–Trinajstić information content (AvgIpc) is 2.81. The summed E-state index contributed by atoms with van der Waals surface area (Å²) in [6.45, 7) is 4.47. The summed E-state index contributed by atoms with van der Waals surface area (Å²) >= 11 is 0.